The quantitative estimate of drug-likeness (QED) is 0.0165. The third-order valence-electron chi connectivity index (χ3n) is 21.7. The number of aliphatic hydroxyl groups is 2. The van der Waals surface area contributed by atoms with Crippen LogP contribution in [0.25, 0.3) is 44.6 Å². The van der Waals surface area contributed by atoms with Gasteiger partial charge in [0.2, 0.25) is 0 Å². The number of nitrogens with zero attached hydrogens (tertiary/aromatic N) is 4. The van der Waals surface area contributed by atoms with Gasteiger partial charge in [0, 0.05) is 26.2 Å². The van der Waals surface area contributed by atoms with Crippen molar-refractivity contribution < 1.29 is 88.6 Å². The van der Waals surface area contributed by atoms with E-state index >= 15 is 0 Å². The monoisotopic (exact) mass is 1870 g/mol. The van der Waals surface area contributed by atoms with Crippen LogP contribution in [0.15, 0.2) is 340 Å². The van der Waals surface area contributed by atoms with E-state index in [0.29, 0.717) is 26.4 Å². The van der Waals surface area contributed by atoms with Crippen LogP contribution < -0.4 is 18.9 Å². The first kappa shape index (κ1) is 110. The number of allylic oxidation sites excluding steroid dienone is 4. The number of carboxylic acids is 6. The SMILES string of the molecule is CC/C(=C(\c1ccccc1)c1ccc(OCCN(C)C)cc1)c1ccccc1.CC/C(=C(\c1ccccc1)c1ccc(OCCN(C)C)cc1)c1ccccc1.CC/C(=C(\c1ccccc1)c1ccc(OCCN(C)C)cc1)c1ccccc1.CC/C(=C(\c1ccccc1)c1ccc(OCCN(C)C)cc1)c1ccccc1.O=C(O)CC(O)(CC(=O)O)C(=O)O.O=C(O)CC(O)(CC(=O)O)C(=O)O. The number of carbonyl (C=O) groups is 6. The summed E-state index contributed by atoms with van der Waals surface area (Å²) in [6, 6.07) is 119. The van der Waals surface area contributed by atoms with Crippen molar-refractivity contribution in [1.29, 1.82) is 0 Å². The van der Waals surface area contributed by atoms with Gasteiger partial charge in [-0.25, -0.2) is 9.59 Å². The lowest BCUT2D eigenvalue weighted by molar-refractivity contribution is -0.170. The third-order valence-corrected chi connectivity index (χ3v) is 21.7. The molecule has 0 aromatic heterocycles. The van der Waals surface area contributed by atoms with E-state index in [1.165, 1.54) is 111 Å². The van der Waals surface area contributed by atoms with E-state index in [0.717, 1.165) is 74.9 Å². The van der Waals surface area contributed by atoms with Crippen molar-refractivity contribution in [3.63, 3.8) is 0 Å². The van der Waals surface area contributed by atoms with Gasteiger partial charge in [-0.05, 0) is 242 Å². The zero-order chi connectivity index (χ0) is 100. The normalized spacial score (nSPS) is 11.8. The van der Waals surface area contributed by atoms with Gasteiger partial charge in [0.05, 0.1) is 25.7 Å². The van der Waals surface area contributed by atoms with Crippen molar-refractivity contribution in [2.45, 2.75) is 90.3 Å². The van der Waals surface area contributed by atoms with Crippen LogP contribution in [-0.4, -0.2) is 216 Å². The Labute approximate surface area is 812 Å². The maximum absolute atomic E-state index is 10.3. The first-order valence-corrected chi connectivity index (χ1v) is 46.0. The van der Waals surface area contributed by atoms with E-state index < -0.39 is 72.7 Å². The van der Waals surface area contributed by atoms with Crippen molar-refractivity contribution in [2.24, 2.45) is 0 Å². The van der Waals surface area contributed by atoms with Gasteiger partial charge in [-0.1, -0.05) is 319 Å². The fourth-order valence-corrected chi connectivity index (χ4v) is 14.8. The molecule has 0 heterocycles. The summed E-state index contributed by atoms with van der Waals surface area (Å²) in [6.45, 7) is 15.3. The van der Waals surface area contributed by atoms with Crippen LogP contribution in [0.1, 0.15) is 146 Å². The standard InChI is InChI=1S/4C26H29NO.2C6H8O7/c4*1-4-25(21-11-7-5-8-12-21)26(22-13-9-6-10-14-22)23-15-17-24(18-16-23)28-20-19-27(2)3;2*7-3(8)1-6(13,5(11)12)2-4(9)10/h4*5-18H,4,19-20H2,1-3H3;2*13H,1-2H2,(H,7,8)(H,9,10)(H,11,12)/b4*26-25-;;. The number of hydrogen-bond donors (Lipinski definition) is 8. The molecule has 12 rings (SSSR count). The van der Waals surface area contributed by atoms with Gasteiger partial charge in [0.25, 0.3) is 0 Å². The molecule has 22 heteroatoms. The minimum absolute atomic E-state index is 0.692. The number of hydrogen-bond acceptors (Lipinski definition) is 16. The van der Waals surface area contributed by atoms with Crippen LogP contribution in [0.4, 0.5) is 0 Å². The molecule has 8 N–H and O–H groups in total. The first-order chi connectivity index (χ1) is 66.3. The molecule has 0 radical (unpaired) electrons. The lowest BCUT2D eigenvalue weighted by Gasteiger charge is -2.18. The van der Waals surface area contributed by atoms with E-state index in [-0.39, 0.29) is 0 Å². The molecule has 22 nitrogen and oxygen atoms in total. The second-order valence-corrected chi connectivity index (χ2v) is 33.4. The molecule has 0 atom stereocenters. The predicted octanol–water partition coefficient (Wildman–Crippen LogP) is 21.5. The van der Waals surface area contributed by atoms with E-state index in [1.807, 2.05) is 0 Å². The average Bonchev–Trinajstić information content (AvgIpc) is 0.812. The van der Waals surface area contributed by atoms with Gasteiger partial charge in [0.1, 0.15) is 49.4 Å². The summed E-state index contributed by atoms with van der Waals surface area (Å²) in [6.07, 6.45) is -0.707. The first-order valence-electron chi connectivity index (χ1n) is 46.0. The third kappa shape index (κ3) is 37.2. The Morgan fingerprint density at radius 1 is 0.217 bits per heavy atom. The topological polar surface area (TPSA) is 314 Å². The Morgan fingerprint density at radius 3 is 0.478 bits per heavy atom. The second-order valence-electron chi connectivity index (χ2n) is 33.4. The van der Waals surface area contributed by atoms with E-state index in [1.54, 1.807) is 0 Å². The minimum Gasteiger partial charge on any atom is -0.492 e. The van der Waals surface area contributed by atoms with E-state index in [9.17, 15) is 28.8 Å². The second kappa shape index (κ2) is 58.6. The maximum atomic E-state index is 10.3. The van der Waals surface area contributed by atoms with Crippen molar-refractivity contribution in [2.75, 3.05) is 109 Å². The highest BCUT2D eigenvalue weighted by atomic mass is 16.5. The van der Waals surface area contributed by atoms with Gasteiger partial charge in [-0.2, -0.15) is 0 Å². The summed E-state index contributed by atoms with van der Waals surface area (Å²) in [5.41, 5.74) is 20.0. The molecule has 0 spiro atoms. The predicted molar refractivity (Wildman–Crippen MR) is 553 cm³/mol. The van der Waals surface area contributed by atoms with Crippen LogP contribution in [0.5, 0.6) is 23.0 Å². The Bertz CT molecular complexity index is 5100. The Morgan fingerprint density at radius 2 is 0.355 bits per heavy atom. The Kier molecular flexibility index (Phi) is 46.9. The van der Waals surface area contributed by atoms with Crippen LogP contribution in [-0.2, 0) is 28.8 Å². The summed E-state index contributed by atoms with van der Waals surface area (Å²) in [4.78, 5) is 69.5. The summed E-state index contributed by atoms with van der Waals surface area (Å²) in [5.74, 6) is -6.39. The molecular weight excluding hydrogens is 1740 g/mol. The van der Waals surface area contributed by atoms with E-state index in [2.05, 4.69) is 443 Å². The molecule has 138 heavy (non-hydrogen) atoms. The van der Waals surface area contributed by atoms with Gasteiger partial charge >= 0.3 is 35.8 Å². The smallest absolute Gasteiger partial charge is 0.336 e. The number of aliphatic carboxylic acids is 6. The van der Waals surface area contributed by atoms with Crippen LogP contribution in [0.2, 0.25) is 0 Å². The fourth-order valence-electron chi connectivity index (χ4n) is 14.8. The zero-order valence-electron chi connectivity index (χ0n) is 81.1. The number of carboxylic acid groups (broad SMARTS) is 6. The number of likely N-dealkylation sites (N-methyl/N-ethyl adjacent to an activating group) is 4. The van der Waals surface area contributed by atoms with Crippen molar-refractivity contribution in [1.82, 2.24) is 19.6 Å². The summed E-state index contributed by atoms with van der Waals surface area (Å²) < 4.78 is 23.5. The molecule has 0 unspecified atom stereocenters. The van der Waals surface area contributed by atoms with Gasteiger partial charge < -0.3 is 79.4 Å². The van der Waals surface area contributed by atoms with E-state index in [4.69, 9.17) is 59.8 Å². The molecule has 0 aliphatic carbocycles. The largest absolute Gasteiger partial charge is 0.492 e. The van der Waals surface area contributed by atoms with Crippen molar-refractivity contribution >= 4 is 80.4 Å². The van der Waals surface area contributed by atoms with Crippen molar-refractivity contribution in [3.8, 4) is 23.0 Å². The Hall–Kier alpha value is -14.6. The lowest BCUT2D eigenvalue weighted by atomic mass is 9.88. The highest BCUT2D eigenvalue weighted by molar-refractivity contribution is 6.02. The fraction of sp³-hybridized carbons (Fsp3) is 0.259. The molecule has 0 aliphatic heterocycles. The maximum Gasteiger partial charge on any atom is 0.336 e. The number of rotatable bonds is 42. The average molecular weight is 1870 g/mol. The van der Waals surface area contributed by atoms with Gasteiger partial charge in [-0.15, -0.1) is 0 Å². The Balaban J connectivity index is 0.000000231. The molecule has 12 aromatic rings. The summed E-state index contributed by atoms with van der Waals surface area (Å²) in [5, 5.41) is 67.6. The van der Waals surface area contributed by atoms with Gasteiger partial charge in [0.15, 0.2) is 11.2 Å². The molecule has 724 valence electrons. The summed E-state index contributed by atoms with van der Waals surface area (Å²) >= 11 is 0. The van der Waals surface area contributed by atoms with Crippen LogP contribution in [0, 0.1) is 0 Å². The molecule has 0 saturated carbocycles. The molecule has 0 aliphatic rings. The van der Waals surface area contributed by atoms with Crippen LogP contribution >= 0.6 is 0 Å². The molecule has 0 fully saturated rings. The highest BCUT2D eigenvalue weighted by Gasteiger charge is 2.42. The minimum atomic E-state index is -2.74. The number of ether oxygens (including phenoxy) is 4. The summed E-state index contributed by atoms with van der Waals surface area (Å²) in [7, 11) is 16.4. The highest BCUT2D eigenvalue weighted by Crippen LogP contribution is 2.40. The van der Waals surface area contributed by atoms with Crippen molar-refractivity contribution in [3.05, 3.63) is 406 Å². The zero-order valence-corrected chi connectivity index (χ0v) is 81.1. The van der Waals surface area contributed by atoms with Gasteiger partial charge in [-0.3, -0.25) is 19.2 Å². The molecule has 0 bridgehead atoms. The molecule has 0 amide bonds. The number of benzene rings is 12. The molecule has 12 aromatic carbocycles. The molecular formula is C116H132N4O18. The lowest BCUT2D eigenvalue weighted by Crippen LogP contribution is -2.42. The molecule has 0 saturated heterocycles. The van der Waals surface area contributed by atoms with Crippen LogP contribution in [0.3, 0.4) is 0 Å².